The molecule has 21 heavy (non-hydrogen) atoms. The van der Waals surface area contributed by atoms with Gasteiger partial charge in [0.1, 0.15) is 5.82 Å². The average Bonchev–Trinajstić information content (AvgIpc) is 2.49. The van der Waals surface area contributed by atoms with Crippen LogP contribution < -0.4 is 5.32 Å². The number of aromatic carboxylic acids is 1. The van der Waals surface area contributed by atoms with Crippen molar-refractivity contribution in [3.63, 3.8) is 0 Å². The Morgan fingerprint density at radius 2 is 2.19 bits per heavy atom. The highest BCUT2D eigenvalue weighted by Gasteiger charge is 2.35. The zero-order chi connectivity index (χ0) is 15.5. The van der Waals surface area contributed by atoms with Gasteiger partial charge in [0.25, 0.3) is 0 Å². The van der Waals surface area contributed by atoms with Gasteiger partial charge in [-0.1, -0.05) is 19.9 Å². The number of carbonyl (C=O) groups is 1. The van der Waals surface area contributed by atoms with Crippen LogP contribution in [0.15, 0.2) is 18.2 Å². The molecular formula is C16H22FNO3. The van der Waals surface area contributed by atoms with Gasteiger partial charge in [-0.25, -0.2) is 9.18 Å². The van der Waals surface area contributed by atoms with Gasteiger partial charge in [-0.2, -0.15) is 0 Å². The fourth-order valence-corrected chi connectivity index (χ4v) is 2.95. The number of para-hydroxylation sites is 1. The second kappa shape index (κ2) is 6.43. The second-order valence-corrected chi connectivity index (χ2v) is 5.54. The molecule has 0 aliphatic carbocycles. The summed E-state index contributed by atoms with van der Waals surface area (Å²) in [5.41, 5.74) is -0.136. The van der Waals surface area contributed by atoms with Crippen molar-refractivity contribution in [3.8, 4) is 0 Å². The van der Waals surface area contributed by atoms with Crippen molar-refractivity contribution in [1.82, 2.24) is 0 Å². The van der Waals surface area contributed by atoms with E-state index < -0.39 is 11.8 Å². The normalized spacial score (nSPS) is 21.0. The first-order valence-corrected chi connectivity index (χ1v) is 7.43. The lowest BCUT2D eigenvalue weighted by Gasteiger charge is -2.40. The van der Waals surface area contributed by atoms with E-state index in [0.717, 1.165) is 25.7 Å². The van der Waals surface area contributed by atoms with Crippen molar-refractivity contribution >= 4 is 11.7 Å². The molecule has 0 spiro atoms. The summed E-state index contributed by atoms with van der Waals surface area (Å²) in [6.45, 7) is 4.77. The number of ether oxygens (including phenoxy) is 1. The molecule has 2 N–H and O–H groups in total. The molecule has 0 amide bonds. The molecule has 1 unspecified atom stereocenters. The molecule has 1 atom stereocenters. The second-order valence-electron chi connectivity index (χ2n) is 5.54. The van der Waals surface area contributed by atoms with E-state index in [1.807, 2.05) is 0 Å². The van der Waals surface area contributed by atoms with Gasteiger partial charge in [-0.15, -0.1) is 0 Å². The van der Waals surface area contributed by atoms with E-state index in [1.54, 1.807) is 0 Å². The van der Waals surface area contributed by atoms with Gasteiger partial charge in [0.15, 0.2) is 0 Å². The molecule has 0 saturated carbocycles. The summed E-state index contributed by atoms with van der Waals surface area (Å²) in [6, 6.07) is 4.13. The van der Waals surface area contributed by atoms with E-state index in [2.05, 4.69) is 19.2 Å². The molecule has 4 nitrogen and oxygen atoms in total. The van der Waals surface area contributed by atoms with E-state index in [4.69, 9.17) is 4.74 Å². The molecule has 1 heterocycles. The number of carboxylic acids is 1. The van der Waals surface area contributed by atoms with E-state index in [-0.39, 0.29) is 22.9 Å². The van der Waals surface area contributed by atoms with Crippen molar-refractivity contribution in [2.75, 3.05) is 11.9 Å². The Morgan fingerprint density at radius 3 is 2.81 bits per heavy atom. The zero-order valence-electron chi connectivity index (χ0n) is 12.5. The van der Waals surface area contributed by atoms with Crippen LogP contribution in [-0.2, 0) is 4.74 Å². The molecule has 0 aromatic heterocycles. The Bertz CT molecular complexity index is 514. The molecule has 2 rings (SSSR count). The number of hydrogen-bond acceptors (Lipinski definition) is 3. The fraction of sp³-hybridized carbons (Fsp3) is 0.562. The van der Waals surface area contributed by atoms with Crippen LogP contribution in [0.25, 0.3) is 0 Å². The Hall–Kier alpha value is -1.62. The van der Waals surface area contributed by atoms with E-state index in [1.165, 1.54) is 18.2 Å². The summed E-state index contributed by atoms with van der Waals surface area (Å²) in [5.74, 6) is -1.65. The minimum absolute atomic E-state index is 0.0219. The molecule has 1 saturated heterocycles. The minimum atomic E-state index is -1.12. The van der Waals surface area contributed by atoms with Crippen LogP contribution in [0.1, 0.15) is 49.9 Å². The number of halogens is 1. The molecule has 5 heteroatoms. The number of hydrogen-bond donors (Lipinski definition) is 2. The predicted octanol–water partition coefficient (Wildman–Crippen LogP) is 3.67. The maximum Gasteiger partial charge on any atom is 0.337 e. The van der Waals surface area contributed by atoms with Gasteiger partial charge in [0.05, 0.1) is 16.9 Å². The molecule has 1 aliphatic heterocycles. The summed E-state index contributed by atoms with van der Waals surface area (Å²) in [4.78, 5) is 11.2. The highest BCUT2D eigenvalue weighted by molar-refractivity contribution is 5.94. The average molecular weight is 295 g/mol. The Labute approximate surface area is 124 Å². The van der Waals surface area contributed by atoms with Crippen LogP contribution in [0.4, 0.5) is 10.1 Å². The number of nitrogens with one attached hydrogen (secondary N) is 1. The first kappa shape index (κ1) is 15.8. The van der Waals surface area contributed by atoms with Gasteiger partial charge in [0, 0.05) is 12.6 Å². The number of benzene rings is 1. The van der Waals surface area contributed by atoms with Crippen molar-refractivity contribution in [2.45, 2.75) is 51.2 Å². The minimum Gasteiger partial charge on any atom is -0.478 e. The molecule has 0 radical (unpaired) electrons. The number of anilines is 1. The van der Waals surface area contributed by atoms with Crippen molar-refractivity contribution in [2.24, 2.45) is 0 Å². The lowest BCUT2D eigenvalue weighted by atomic mass is 9.85. The number of rotatable bonds is 5. The molecule has 1 aromatic carbocycles. The standard InChI is InChI=1S/C16H22FNO3/c1-3-16(4-2)10-11(8-9-21-16)18-14-12(15(19)20)6-5-7-13(14)17/h5-7,11,18H,3-4,8-10H2,1-2H3,(H,19,20). The van der Waals surface area contributed by atoms with Gasteiger partial charge in [-0.05, 0) is 37.8 Å². The quantitative estimate of drug-likeness (QED) is 0.870. The molecule has 0 bridgehead atoms. The molecule has 1 fully saturated rings. The lowest BCUT2D eigenvalue weighted by molar-refractivity contribution is -0.0864. The summed E-state index contributed by atoms with van der Waals surface area (Å²) < 4.78 is 19.9. The van der Waals surface area contributed by atoms with Crippen molar-refractivity contribution < 1.29 is 19.0 Å². The Morgan fingerprint density at radius 1 is 1.48 bits per heavy atom. The topological polar surface area (TPSA) is 58.6 Å². The molecule has 1 aromatic rings. The van der Waals surface area contributed by atoms with Gasteiger partial charge in [0.2, 0.25) is 0 Å². The summed E-state index contributed by atoms with van der Waals surface area (Å²) in [6.07, 6.45) is 3.29. The highest BCUT2D eigenvalue weighted by atomic mass is 19.1. The van der Waals surface area contributed by atoms with Crippen LogP contribution in [0.2, 0.25) is 0 Å². The SMILES string of the molecule is CCC1(CC)CC(Nc2c(F)cccc2C(=O)O)CCO1. The maximum atomic E-state index is 14.0. The summed E-state index contributed by atoms with van der Waals surface area (Å²) in [7, 11) is 0. The largest absolute Gasteiger partial charge is 0.478 e. The zero-order valence-corrected chi connectivity index (χ0v) is 12.5. The number of carboxylic acid groups (broad SMARTS) is 1. The first-order valence-electron chi connectivity index (χ1n) is 7.43. The van der Waals surface area contributed by atoms with E-state index in [9.17, 15) is 14.3 Å². The highest BCUT2D eigenvalue weighted by Crippen LogP contribution is 2.33. The van der Waals surface area contributed by atoms with Crippen molar-refractivity contribution in [1.29, 1.82) is 0 Å². The Balaban J connectivity index is 2.20. The smallest absolute Gasteiger partial charge is 0.337 e. The third kappa shape index (κ3) is 3.35. The van der Waals surface area contributed by atoms with Gasteiger partial charge < -0.3 is 15.2 Å². The lowest BCUT2D eigenvalue weighted by Crippen LogP contribution is -2.44. The monoisotopic (exact) mass is 295 g/mol. The third-order valence-corrected chi connectivity index (χ3v) is 4.37. The first-order chi connectivity index (χ1) is 10.0. The molecular weight excluding hydrogens is 273 g/mol. The van der Waals surface area contributed by atoms with Crippen LogP contribution in [0, 0.1) is 5.82 Å². The molecule has 116 valence electrons. The third-order valence-electron chi connectivity index (χ3n) is 4.37. The van der Waals surface area contributed by atoms with Crippen molar-refractivity contribution in [3.05, 3.63) is 29.6 Å². The predicted molar refractivity (Wildman–Crippen MR) is 79.3 cm³/mol. The van der Waals surface area contributed by atoms with Crippen LogP contribution in [-0.4, -0.2) is 29.3 Å². The van der Waals surface area contributed by atoms with Crippen LogP contribution >= 0.6 is 0 Å². The van der Waals surface area contributed by atoms with E-state index >= 15 is 0 Å². The van der Waals surface area contributed by atoms with Crippen LogP contribution in [0.3, 0.4) is 0 Å². The van der Waals surface area contributed by atoms with Gasteiger partial charge >= 0.3 is 5.97 Å². The maximum absolute atomic E-state index is 14.0. The summed E-state index contributed by atoms with van der Waals surface area (Å²) >= 11 is 0. The molecule has 1 aliphatic rings. The fourth-order valence-electron chi connectivity index (χ4n) is 2.95. The summed E-state index contributed by atoms with van der Waals surface area (Å²) in [5, 5.41) is 12.3. The Kier molecular flexibility index (Phi) is 4.83. The van der Waals surface area contributed by atoms with E-state index in [0.29, 0.717) is 6.61 Å². The van der Waals surface area contributed by atoms with Crippen LogP contribution in [0.5, 0.6) is 0 Å². The van der Waals surface area contributed by atoms with Gasteiger partial charge in [-0.3, -0.25) is 0 Å².